The van der Waals surface area contributed by atoms with Crippen LogP contribution in [-0.2, 0) is 14.3 Å². The number of carbonyl (C=O) groups is 1. The molecule has 5 nitrogen and oxygen atoms in total. The lowest BCUT2D eigenvalue weighted by atomic mass is 9.96. The molecule has 2 aromatic rings. The molecule has 0 saturated heterocycles. The van der Waals surface area contributed by atoms with Crippen molar-refractivity contribution in [3.63, 3.8) is 0 Å². The maximum Gasteiger partial charge on any atom is 0.293 e. The minimum absolute atomic E-state index is 0.139. The fraction of sp³-hybridized carbons (Fsp3) is 0.500. The number of aromatic hydroxyl groups is 1. The fourth-order valence-electron chi connectivity index (χ4n) is 3.62. The molecule has 1 aromatic heterocycles. The van der Waals surface area contributed by atoms with E-state index in [-0.39, 0.29) is 11.9 Å². The summed E-state index contributed by atoms with van der Waals surface area (Å²) in [6.07, 6.45) is 6.98. The second-order valence-electron chi connectivity index (χ2n) is 6.57. The van der Waals surface area contributed by atoms with Gasteiger partial charge in [-0.05, 0) is 19.3 Å². The zero-order chi connectivity index (χ0) is 17.6. The van der Waals surface area contributed by atoms with Crippen LogP contribution in [0.5, 0.6) is 5.75 Å². The van der Waals surface area contributed by atoms with E-state index in [0.29, 0.717) is 18.6 Å². The zero-order valence-corrected chi connectivity index (χ0v) is 14.6. The second-order valence-corrected chi connectivity index (χ2v) is 6.57. The maximum absolute atomic E-state index is 11.0. The molecule has 134 valence electrons. The van der Waals surface area contributed by atoms with Gasteiger partial charge < -0.3 is 14.6 Å². The van der Waals surface area contributed by atoms with Crippen LogP contribution in [-0.4, -0.2) is 28.8 Å². The van der Waals surface area contributed by atoms with Crippen molar-refractivity contribution in [2.24, 2.45) is 0 Å². The van der Waals surface area contributed by atoms with Crippen LogP contribution in [0.4, 0.5) is 0 Å². The molecule has 0 bridgehead atoms. The van der Waals surface area contributed by atoms with Crippen LogP contribution in [0.25, 0.3) is 10.8 Å². The van der Waals surface area contributed by atoms with Gasteiger partial charge in [-0.3, -0.25) is 9.78 Å². The molecule has 0 amide bonds. The van der Waals surface area contributed by atoms with E-state index in [1.165, 1.54) is 12.6 Å². The summed E-state index contributed by atoms with van der Waals surface area (Å²) in [4.78, 5) is 15.4. The van der Waals surface area contributed by atoms with Gasteiger partial charge in [-0.15, -0.1) is 0 Å². The number of aromatic nitrogens is 1. The normalized spacial score (nSPS) is 18.0. The summed E-state index contributed by atoms with van der Waals surface area (Å²) in [6, 6.07) is 7.56. The lowest BCUT2D eigenvalue weighted by Gasteiger charge is -2.31. The van der Waals surface area contributed by atoms with Crippen LogP contribution in [0.1, 0.15) is 57.2 Å². The molecule has 1 aliphatic rings. The predicted octanol–water partition coefficient (Wildman–Crippen LogP) is 4.28. The van der Waals surface area contributed by atoms with Crippen molar-refractivity contribution < 1.29 is 19.4 Å². The van der Waals surface area contributed by atoms with E-state index in [2.05, 4.69) is 4.98 Å². The Bertz CT molecular complexity index is 712. The lowest BCUT2D eigenvalue weighted by molar-refractivity contribution is -0.149. The van der Waals surface area contributed by atoms with Crippen LogP contribution >= 0.6 is 0 Å². The van der Waals surface area contributed by atoms with Crippen LogP contribution in [0.15, 0.2) is 30.5 Å². The molecule has 3 rings (SSSR count). The van der Waals surface area contributed by atoms with Gasteiger partial charge >= 0.3 is 0 Å². The van der Waals surface area contributed by atoms with E-state index in [9.17, 15) is 9.90 Å². The van der Waals surface area contributed by atoms with Crippen molar-refractivity contribution in [1.29, 1.82) is 0 Å². The Hall–Kier alpha value is -2.14. The Morgan fingerprint density at radius 3 is 2.64 bits per heavy atom. The highest BCUT2D eigenvalue weighted by molar-refractivity contribution is 5.89. The fourth-order valence-corrected chi connectivity index (χ4v) is 3.62. The third-order valence-electron chi connectivity index (χ3n) is 4.94. The first-order chi connectivity index (χ1) is 12.2. The third-order valence-corrected chi connectivity index (χ3v) is 4.94. The first kappa shape index (κ1) is 17.7. The van der Waals surface area contributed by atoms with Gasteiger partial charge in [0.15, 0.2) is 0 Å². The zero-order valence-electron chi connectivity index (χ0n) is 14.6. The molecular weight excluding hydrogens is 318 g/mol. The van der Waals surface area contributed by atoms with E-state index < -0.39 is 12.2 Å². The van der Waals surface area contributed by atoms with Crippen molar-refractivity contribution in [3.05, 3.63) is 36.2 Å². The van der Waals surface area contributed by atoms with Crippen molar-refractivity contribution in [2.45, 2.75) is 63.8 Å². The smallest absolute Gasteiger partial charge is 0.293 e. The molecule has 0 radical (unpaired) electrons. The molecule has 1 heterocycles. The Kier molecular flexibility index (Phi) is 5.87. The van der Waals surface area contributed by atoms with E-state index in [0.717, 1.165) is 36.5 Å². The quantitative estimate of drug-likeness (QED) is 0.760. The molecule has 0 aliphatic heterocycles. The number of pyridine rings is 1. The predicted molar refractivity (Wildman–Crippen MR) is 95.3 cm³/mol. The average Bonchev–Trinajstić information content (AvgIpc) is 2.66. The summed E-state index contributed by atoms with van der Waals surface area (Å²) in [7, 11) is 0. The van der Waals surface area contributed by atoms with Gasteiger partial charge in [0, 0.05) is 10.8 Å². The molecule has 1 saturated carbocycles. The molecule has 2 atom stereocenters. The second kappa shape index (κ2) is 8.30. The van der Waals surface area contributed by atoms with E-state index in [1.54, 1.807) is 0 Å². The largest absolute Gasteiger partial charge is 0.506 e. The van der Waals surface area contributed by atoms with E-state index in [4.69, 9.17) is 9.47 Å². The molecule has 25 heavy (non-hydrogen) atoms. The van der Waals surface area contributed by atoms with Gasteiger partial charge in [-0.1, -0.05) is 50.5 Å². The van der Waals surface area contributed by atoms with Crippen molar-refractivity contribution in [3.8, 4) is 5.75 Å². The SMILES string of the molecule is CCC(OC=O)C(OC1CCCCC1)c1ncc(O)c2ccccc12. The number of fused-ring (bicyclic) bond motifs is 1. The highest BCUT2D eigenvalue weighted by atomic mass is 16.6. The Labute approximate surface area is 148 Å². The highest BCUT2D eigenvalue weighted by Gasteiger charge is 2.31. The first-order valence-corrected chi connectivity index (χ1v) is 9.05. The summed E-state index contributed by atoms with van der Waals surface area (Å²) in [5, 5.41) is 11.7. The number of benzene rings is 1. The summed E-state index contributed by atoms with van der Waals surface area (Å²) in [5.74, 6) is 0.139. The number of nitrogens with zero attached hydrogens (tertiary/aromatic N) is 1. The molecule has 1 fully saturated rings. The summed E-state index contributed by atoms with van der Waals surface area (Å²) < 4.78 is 11.7. The number of carbonyl (C=O) groups excluding carboxylic acids is 1. The molecule has 0 spiro atoms. The van der Waals surface area contributed by atoms with Crippen molar-refractivity contribution in [1.82, 2.24) is 4.98 Å². The molecule has 1 N–H and O–H groups in total. The van der Waals surface area contributed by atoms with Crippen molar-refractivity contribution >= 4 is 17.2 Å². The molecule has 2 unspecified atom stereocenters. The number of hydrogen-bond donors (Lipinski definition) is 1. The first-order valence-electron chi connectivity index (χ1n) is 9.05. The van der Waals surface area contributed by atoms with E-state index in [1.807, 2.05) is 31.2 Å². The number of hydrogen-bond acceptors (Lipinski definition) is 5. The topological polar surface area (TPSA) is 68.7 Å². The molecule has 1 aliphatic carbocycles. The van der Waals surface area contributed by atoms with E-state index >= 15 is 0 Å². The number of ether oxygens (including phenoxy) is 2. The lowest BCUT2D eigenvalue weighted by Crippen LogP contribution is -2.30. The van der Waals surface area contributed by atoms with Crippen LogP contribution < -0.4 is 0 Å². The molecular formula is C20H25NO4. The minimum Gasteiger partial charge on any atom is -0.506 e. The van der Waals surface area contributed by atoms with Gasteiger partial charge in [-0.25, -0.2) is 0 Å². The highest BCUT2D eigenvalue weighted by Crippen LogP contribution is 2.36. The molecule has 1 aromatic carbocycles. The Morgan fingerprint density at radius 1 is 1.24 bits per heavy atom. The number of rotatable bonds is 7. The maximum atomic E-state index is 11.0. The minimum atomic E-state index is -0.441. The summed E-state index contributed by atoms with van der Waals surface area (Å²) in [6.45, 7) is 2.45. The summed E-state index contributed by atoms with van der Waals surface area (Å²) in [5.41, 5.74) is 0.715. The van der Waals surface area contributed by atoms with Gasteiger partial charge in [0.2, 0.25) is 0 Å². The van der Waals surface area contributed by atoms with Gasteiger partial charge in [-0.2, -0.15) is 0 Å². The van der Waals surface area contributed by atoms with Gasteiger partial charge in [0.25, 0.3) is 6.47 Å². The van der Waals surface area contributed by atoms with Crippen LogP contribution in [0, 0.1) is 0 Å². The van der Waals surface area contributed by atoms with Crippen LogP contribution in [0.3, 0.4) is 0 Å². The van der Waals surface area contributed by atoms with Gasteiger partial charge in [0.05, 0.1) is 18.0 Å². The Morgan fingerprint density at radius 2 is 1.96 bits per heavy atom. The van der Waals surface area contributed by atoms with Crippen molar-refractivity contribution in [2.75, 3.05) is 0 Å². The standard InChI is InChI=1S/C20H25NO4/c1-2-18(24-13-22)20(25-14-8-4-3-5-9-14)19-16-11-7-6-10-15(16)17(23)12-21-19/h6-7,10-14,18,20,23H,2-5,8-9H2,1H3. The Balaban J connectivity index is 2.01. The third kappa shape index (κ3) is 3.93. The van der Waals surface area contributed by atoms with Gasteiger partial charge in [0.1, 0.15) is 18.0 Å². The summed E-state index contributed by atoms with van der Waals surface area (Å²) >= 11 is 0. The monoisotopic (exact) mass is 343 g/mol. The van der Waals surface area contributed by atoms with Crippen LogP contribution in [0.2, 0.25) is 0 Å². The average molecular weight is 343 g/mol. The molecule has 5 heteroatoms.